The summed E-state index contributed by atoms with van der Waals surface area (Å²) in [6.45, 7) is 1.30. The lowest BCUT2D eigenvalue weighted by molar-refractivity contribution is -0.153. The highest BCUT2D eigenvalue weighted by Crippen LogP contribution is 2.28. The number of hydrogen-bond donors (Lipinski definition) is 1. The molecule has 0 atom stereocenters. The number of alkyl halides is 3. The van der Waals surface area contributed by atoms with Crippen LogP contribution in [0.5, 0.6) is 5.75 Å². The monoisotopic (exact) mass is 501 g/mol. The summed E-state index contributed by atoms with van der Waals surface area (Å²) in [5, 5.41) is 3.19. The Bertz CT molecular complexity index is 595. The van der Waals surface area contributed by atoms with Crippen LogP contribution in [0.4, 0.5) is 13.2 Å². The standard InChI is InChI=1S/C18H26F3N3O2.HI/c1-22-17(24(2)8-9-25-12-14-6-7-14)23-11-15-4-3-5-16(10-15)26-13-18(19,20)21;/h3-5,10,14H,6-9,11-13H2,1-2H3,(H,22,23);1H. The van der Waals surface area contributed by atoms with Gasteiger partial charge in [0.15, 0.2) is 12.6 Å². The Balaban J connectivity index is 0.00000364. The molecule has 27 heavy (non-hydrogen) atoms. The highest BCUT2D eigenvalue weighted by atomic mass is 127. The summed E-state index contributed by atoms with van der Waals surface area (Å²) in [7, 11) is 3.60. The predicted molar refractivity (Wildman–Crippen MR) is 110 cm³/mol. The van der Waals surface area contributed by atoms with E-state index in [1.807, 2.05) is 18.0 Å². The molecule has 0 aromatic heterocycles. The molecule has 0 bridgehead atoms. The molecule has 0 amide bonds. The largest absolute Gasteiger partial charge is 0.484 e. The third-order valence-electron chi connectivity index (χ3n) is 3.95. The molecule has 1 aromatic carbocycles. The number of rotatable bonds is 9. The second-order valence-electron chi connectivity index (χ2n) is 6.39. The molecule has 2 rings (SSSR count). The molecule has 0 spiro atoms. The van der Waals surface area contributed by atoms with Crippen molar-refractivity contribution in [2.75, 3.05) is 40.5 Å². The van der Waals surface area contributed by atoms with Crippen molar-refractivity contribution in [3.05, 3.63) is 29.8 Å². The van der Waals surface area contributed by atoms with Crippen molar-refractivity contribution in [1.82, 2.24) is 10.2 Å². The van der Waals surface area contributed by atoms with E-state index in [1.54, 1.807) is 19.2 Å². The molecule has 1 fully saturated rings. The Kier molecular flexibility index (Phi) is 10.2. The summed E-state index contributed by atoms with van der Waals surface area (Å²) < 4.78 is 47.1. The Labute approximate surface area is 175 Å². The van der Waals surface area contributed by atoms with Gasteiger partial charge in [0.2, 0.25) is 0 Å². The quantitative estimate of drug-likeness (QED) is 0.243. The molecule has 0 aliphatic heterocycles. The summed E-state index contributed by atoms with van der Waals surface area (Å²) in [6, 6.07) is 6.58. The second-order valence-corrected chi connectivity index (χ2v) is 6.39. The lowest BCUT2D eigenvalue weighted by atomic mass is 10.2. The van der Waals surface area contributed by atoms with Crippen molar-refractivity contribution < 1.29 is 22.6 Å². The number of guanidine groups is 1. The molecule has 1 aliphatic rings. The number of likely N-dealkylation sites (N-methyl/N-ethyl adjacent to an activating group) is 1. The minimum Gasteiger partial charge on any atom is -0.484 e. The SMILES string of the molecule is CN=C(NCc1cccc(OCC(F)(F)F)c1)N(C)CCOCC1CC1.I. The third kappa shape index (κ3) is 10.0. The molecule has 1 aromatic rings. The first-order valence-corrected chi connectivity index (χ1v) is 8.65. The maximum atomic E-state index is 12.2. The Morgan fingerprint density at radius 2 is 2.07 bits per heavy atom. The molecule has 154 valence electrons. The molecule has 1 aliphatic carbocycles. The van der Waals surface area contributed by atoms with Gasteiger partial charge >= 0.3 is 6.18 Å². The number of benzene rings is 1. The van der Waals surface area contributed by atoms with Gasteiger partial charge in [-0.2, -0.15) is 13.2 Å². The van der Waals surface area contributed by atoms with Crippen LogP contribution in [-0.2, 0) is 11.3 Å². The fraction of sp³-hybridized carbons (Fsp3) is 0.611. The van der Waals surface area contributed by atoms with Gasteiger partial charge in [-0.3, -0.25) is 4.99 Å². The summed E-state index contributed by atoms with van der Waals surface area (Å²) in [5.41, 5.74) is 0.809. The van der Waals surface area contributed by atoms with Crippen molar-refractivity contribution in [1.29, 1.82) is 0 Å². The smallest absolute Gasteiger partial charge is 0.422 e. The average molecular weight is 501 g/mol. The second kappa shape index (κ2) is 11.6. The molecular weight excluding hydrogens is 474 g/mol. The van der Waals surface area contributed by atoms with Gasteiger partial charge in [-0.15, -0.1) is 24.0 Å². The molecule has 9 heteroatoms. The van der Waals surface area contributed by atoms with Gasteiger partial charge < -0.3 is 19.7 Å². The molecule has 1 saturated carbocycles. The Morgan fingerprint density at radius 1 is 1.33 bits per heavy atom. The van der Waals surface area contributed by atoms with Crippen LogP contribution in [0.2, 0.25) is 0 Å². The van der Waals surface area contributed by atoms with Crippen LogP contribution in [0, 0.1) is 5.92 Å². The fourth-order valence-electron chi connectivity index (χ4n) is 2.32. The van der Waals surface area contributed by atoms with E-state index in [4.69, 9.17) is 9.47 Å². The van der Waals surface area contributed by atoms with Crippen LogP contribution in [0.15, 0.2) is 29.3 Å². The number of nitrogens with one attached hydrogen (secondary N) is 1. The zero-order chi connectivity index (χ0) is 19.0. The summed E-state index contributed by atoms with van der Waals surface area (Å²) in [6.07, 6.45) is -1.81. The first-order chi connectivity index (χ1) is 12.4. The van der Waals surface area contributed by atoms with Crippen LogP contribution >= 0.6 is 24.0 Å². The van der Waals surface area contributed by atoms with E-state index in [9.17, 15) is 13.2 Å². The number of hydrogen-bond acceptors (Lipinski definition) is 3. The van der Waals surface area contributed by atoms with E-state index in [1.165, 1.54) is 18.9 Å². The van der Waals surface area contributed by atoms with E-state index in [2.05, 4.69) is 10.3 Å². The number of nitrogens with zero attached hydrogens (tertiary/aromatic N) is 2. The molecule has 1 N–H and O–H groups in total. The topological polar surface area (TPSA) is 46.1 Å². The Morgan fingerprint density at radius 3 is 2.70 bits per heavy atom. The zero-order valence-corrected chi connectivity index (χ0v) is 17.9. The van der Waals surface area contributed by atoms with Gasteiger partial charge in [-0.1, -0.05) is 12.1 Å². The summed E-state index contributed by atoms with van der Waals surface area (Å²) in [5.74, 6) is 1.63. The minimum atomic E-state index is -4.35. The van der Waals surface area contributed by atoms with Gasteiger partial charge in [0.05, 0.1) is 6.61 Å². The van der Waals surface area contributed by atoms with Crippen LogP contribution < -0.4 is 10.1 Å². The average Bonchev–Trinajstić information content (AvgIpc) is 3.41. The van der Waals surface area contributed by atoms with Gasteiger partial charge in [-0.25, -0.2) is 0 Å². The highest BCUT2D eigenvalue weighted by Gasteiger charge is 2.28. The molecule has 0 radical (unpaired) electrons. The number of halogens is 4. The zero-order valence-electron chi connectivity index (χ0n) is 15.6. The van der Waals surface area contributed by atoms with E-state index in [0.717, 1.165) is 18.1 Å². The number of aliphatic imine (C=N–C) groups is 1. The lowest BCUT2D eigenvalue weighted by Crippen LogP contribution is -2.40. The number of ether oxygens (including phenoxy) is 2. The normalized spacial score (nSPS) is 14.5. The van der Waals surface area contributed by atoms with Gasteiger partial charge in [-0.05, 0) is 36.5 Å². The predicted octanol–water partition coefficient (Wildman–Crippen LogP) is 3.68. The van der Waals surface area contributed by atoms with Crippen LogP contribution in [0.1, 0.15) is 18.4 Å². The minimum absolute atomic E-state index is 0. The lowest BCUT2D eigenvalue weighted by Gasteiger charge is -2.22. The van der Waals surface area contributed by atoms with E-state index in [-0.39, 0.29) is 29.7 Å². The van der Waals surface area contributed by atoms with Crippen LogP contribution in [0.25, 0.3) is 0 Å². The first kappa shape index (κ1) is 23.8. The maximum Gasteiger partial charge on any atom is 0.422 e. The van der Waals surface area contributed by atoms with Crippen molar-refractivity contribution in [2.24, 2.45) is 10.9 Å². The summed E-state index contributed by atoms with van der Waals surface area (Å²) >= 11 is 0. The first-order valence-electron chi connectivity index (χ1n) is 8.65. The Hall–Kier alpha value is -1.23. The molecule has 0 unspecified atom stereocenters. The van der Waals surface area contributed by atoms with Crippen molar-refractivity contribution in [2.45, 2.75) is 25.6 Å². The van der Waals surface area contributed by atoms with E-state index in [0.29, 0.717) is 25.7 Å². The van der Waals surface area contributed by atoms with E-state index >= 15 is 0 Å². The molecule has 0 heterocycles. The highest BCUT2D eigenvalue weighted by molar-refractivity contribution is 14.0. The van der Waals surface area contributed by atoms with Crippen LogP contribution in [0.3, 0.4) is 0 Å². The fourth-order valence-corrected chi connectivity index (χ4v) is 2.32. The van der Waals surface area contributed by atoms with Gasteiger partial charge in [0.25, 0.3) is 0 Å². The van der Waals surface area contributed by atoms with Crippen molar-refractivity contribution in [3.8, 4) is 5.75 Å². The molecule has 0 saturated heterocycles. The van der Waals surface area contributed by atoms with Crippen molar-refractivity contribution >= 4 is 29.9 Å². The molecule has 5 nitrogen and oxygen atoms in total. The van der Waals surface area contributed by atoms with Gasteiger partial charge in [0, 0.05) is 33.8 Å². The summed E-state index contributed by atoms with van der Waals surface area (Å²) in [4.78, 5) is 6.17. The molecular formula is C18H27F3IN3O2. The maximum absolute atomic E-state index is 12.2. The van der Waals surface area contributed by atoms with Gasteiger partial charge in [0.1, 0.15) is 5.75 Å². The van der Waals surface area contributed by atoms with Crippen LogP contribution in [-0.4, -0.2) is 57.5 Å². The van der Waals surface area contributed by atoms with Crippen molar-refractivity contribution in [3.63, 3.8) is 0 Å². The third-order valence-corrected chi connectivity index (χ3v) is 3.95. The van der Waals surface area contributed by atoms with E-state index < -0.39 is 12.8 Å².